The number of benzene rings is 1. The molecule has 0 saturated carbocycles. The Labute approximate surface area is 132 Å². The van der Waals surface area contributed by atoms with Crippen molar-refractivity contribution in [1.29, 1.82) is 0 Å². The zero-order valence-electron chi connectivity index (χ0n) is 12.5. The van der Waals surface area contributed by atoms with E-state index in [1.165, 1.54) is 0 Å². The fourth-order valence-corrected chi connectivity index (χ4v) is 3.48. The van der Waals surface area contributed by atoms with Gasteiger partial charge >= 0.3 is 0 Å². The van der Waals surface area contributed by atoms with Gasteiger partial charge in [0.2, 0.25) is 5.03 Å². The molecule has 2 aromatic rings. The fraction of sp³-hybridized carbons (Fsp3) is 0.429. The molecule has 1 aliphatic rings. The highest BCUT2D eigenvalue weighted by molar-refractivity contribution is 7.90. The average molecular weight is 342 g/mol. The average Bonchev–Trinajstić information content (AvgIpc) is 2.92. The molecule has 9 heteroatoms. The molecular formula is C14H16F2N4O2S. The maximum Gasteiger partial charge on any atom is 0.285 e. The van der Waals surface area contributed by atoms with Crippen LogP contribution >= 0.6 is 0 Å². The molecule has 3 rings (SSSR count). The highest BCUT2D eigenvalue weighted by Crippen LogP contribution is 2.24. The minimum atomic E-state index is -3.85. The third kappa shape index (κ3) is 3.25. The molecule has 0 amide bonds. The van der Waals surface area contributed by atoms with E-state index in [1.807, 2.05) is 18.2 Å². The first kappa shape index (κ1) is 16.0. The molecule has 23 heavy (non-hydrogen) atoms. The van der Waals surface area contributed by atoms with Crippen LogP contribution in [0.5, 0.6) is 0 Å². The SMILES string of the molecule is CS(=O)(=O)c1nn(Cc2cccc3c2CCNC3)nc1C(F)F. The summed E-state index contributed by atoms with van der Waals surface area (Å²) < 4.78 is 49.2. The number of alkyl halides is 2. The number of hydrogen-bond donors (Lipinski definition) is 1. The van der Waals surface area contributed by atoms with Gasteiger partial charge in [-0.25, -0.2) is 17.2 Å². The Kier molecular flexibility index (Phi) is 4.15. The summed E-state index contributed by atoms with van der Waals surface area (Å²) in [6, 6.07) is 5.78. The Hall–Kier alpha value is -1.87. The fourth-order valence-electron chi connectivity index (χ4n) is 2.73. The van der Waals surface area contributed by atoms with Crippen molar-refractivity contribution in [3.8, 4) is 0 Å². The van der Waals surface area contributed by atoms with Crippen LogP contribution in [-0.4, -0.2) is 36.2 Å². The van der Waals surface area contributed by atoms with E-state index < -0.39 is 27.0 Å². The van der Waals surface area contributed by atoms with Gasteiger partial charge in [-0.05, 0) is 29.7 Å². The number of rotatable bonds is 4. The summed E-state index contributed by atoms with van der Waals surface area (Å²) in [6.45, 7) is 1.76. The van der Waals surface area contributed by atoms with Crippen molar-refractivity contribution < 1.29 is 17.2 Å². The molecule has 0 aliphatic carbocycles. The Morgan fingerprint density at radius 1 is 1.35 bits per heavy atom. The standard InChI is InChI=1S/C14H16F2N4O2S/c1-23(21,22)14-12(13(15)16)18-20(19-14)8-10-4-2-3-9-7-17-6-5-11(9)10/h2-4,13,17H,5-8H2,1H3. The number of aromatic nitrogens is 3. The van der Waals surface area contributed by atoms with Crippen LogP contribution in [0, 0.1) is 0 Å². The number of fused-ring (bicyclic) bond motifs is 1. The van der Waals surface area contributed by atoms with Crippen molar-refractivity contribution in [2.75, 3.05) is 12.8 Å². The minimum Gasteiger partial charge on any atom is -0.312 e. The van der Waals surface area contributed by atoms with E-state index >= 15 is 0 Å². The van der Waals surface area contributed by atoms with E-state index in [9.17, 15) is 17.2 Å². The lowest BCUT2D eigenvalue weighted by Gasteiger charge is -2.20. The molecule has 0 fully saturated rings. The molecule has 124 valence electrons. The van der Waals surface area contributed by atoms with Gasteiger partial charge in [0.25, 0.3) is 6.43 Å². The minimum absolute atomic E-state index is 0.165. The van der Waals surface area contributed by atoms with Crippen LogP contribution in [-0.2, 0) is 29.3 Å². The summed E-state index contributed by atoms with van der Waals surface area (Å²) in [5, 5.41) is 10.1. The van der Waals surface area contributed by atoms with Gasteiger partial charge < -0.3 is 5.32 Å². The lowest BCUT2D eigenvalue weighted by Crippen LogP contribution is -2.25. The Morgan fingerprint density at radius 2 is 2.13 bits per heavy atom. The van der Waals surface area contributed by atoms with Crippen molar-refractivity contribution in [3.63, 3.8) is 0 Å². The van der Waals surface area contributed by atoms with Gasteiger partial charge in [-0.15, -0.1) is 5.10 Å². The van der Waals surface area contributed by atoms with E-state index in [0.29, 0.717) is 0 Å². The highest BCUT2D eigenvalue weighted by Gasteiger charge is 2.27. The predicted molar refractivity (Wildman–Crippen MR) is 79.0 cm³/mol. The van der Waals surface area contributed by atoms with Crippen molar-refractivity contribution in [2.45, 2.75) is 31.0 Å². The van der Waals surface area contributed by atoms with Crippen LogP contribution in [0.1, 0.15) is 28.8 Å². The summed E-state index contributed by atoms with van der Waals surface area (Å²) in [7, 11) is -3.85. The normalized spacial score (nSPS) is 15.0. The lowest BCUT2D eigenvalue weighted by atomic mass is 9.95. The first-order valence-corrected chi connectivity index (χ1v) is 8.99. The third-order valence-corrected chi connectivity index (χ3v) is 4.75. The van der Waals surface area contributed by atoms with Gasteiger partial charge in [-0.1, -0.05) is 18.2 Å². The largest absolute Gasteiger partial charge is 0.312 e. The number of halogens is 2. The van der Waals surface area contributed by atoms with Crippen molar-refractivity contribution in [1.82, 2.24) is 20.3 Å². The number of sulfone groups is 1. The molecule has 1 aliphatic heterocycles. The monoisotopic (exact) mass is 342 g/mol. The quantitative estimate of drug-likeness (QED) is 0.907. The van der Waals surface area contributed by atoms with Crippen molar-refractivity contribution in [3.05, 3.63) is 40.6 Å². The maximum atomic E-state index is 13.0. The second kappa shape index (κ2) is 5.97. The number of hydrogen-bond acceptors (Lipinski definition) is 5. The zero-order valence-corrected chi connectivity index (χ0v) is 13.3. The molecule has 1 N–H and O–H groups in total. The lowest BCUT2D eigenvalue weighted by molar-refractivity contribution is 0.141. The Bertz CT molecular complexity index is 833. The van der Waals surface area contributed by atoms with Gasteiger partial charge in [0.15, 0.2) is 15.5 Å². The smallest absolute Gasteiger partial charge is 0.285 e. The molecule has 0 atom stereocenters. The molecule has 0 radical (unpaired) electrons. The van der Waals surface area contributed by atoms with Gasteiger partial charge in [0, 0.05) is 12.8 Å². The van der Waals surface area contributed by atoms with Crippen LogP contribution in [0.25, 0.3) is 0 Å². The first-order valence-electron chi connectivity index (χ1n) is 7.10. The van der Waals surface area contributed by atoms with Crippen molar-refractivity contribution in [2.24, 2.45) is 0 Å². The van der Waals surface area contributed by atoms with E-state index in [2.05, 4.69) is 15.5 Å². The van der Waals surface area contributed by atoms with Gasteiger partial charge in [0.05, 0.1) is 6.54 Å². The number of nitrogens with one attached hydrogen (secondary N) is 1. The van der Waals surface area contributed by atoms with Gasteiger partial charge in [-0.2, -0.15) is 9.90 Å². The summed E-state index contributed by atoms with van der Waals surface area (Å²) >= 11 is 0. The van der Waals surface area contributed by atoms with Crippen LogP contribution in [0.3, 0.4) is 0 Å². The molecule has 2 heterocycles. The Morgan fingerprint density at radius 3 is 2.78 bits per heavy atom. The van der Waals surface area contributed by atoms with E-state index in [0.717, 1.165) is 47.3 Å². The molecule has 6 nitrogen and oxygen atoms in total. The van der Waals surface area contributed by atoms with Crippen molar-refractivity contribution >= 4 is 9.84 Å². The highest BCUT2D eigenvalue weighted by atomic mass is 32.2. The van der Waals surface area contributed by atoms with Gasteiger partial charge in [-0.3, -0.25) is 0 Å². The number of nitrogens with zero attached hydrogens (tertiary/aromatic N) is 3. The topological polar surface area (TPSA) is 76.9 Å². The maximum absolute atomic E-state index is 13.0. The van der Waals surface area contributed by atoms with Crippen LogP contribution in [0.2, 0.25) is 0 Å². The summed E-state index contributed by atoms with van der Waals surface area (Å²) in [5.74, 6) is 0. The molecule has 0 saturated heterocycles. The third-order valence-electron chi connectivity index (χ3n) is 3.76. The van der Waals surface area contributed by atoms with E-state index in [-0.39, 0.29) is 6.54 Å². The van der Waals surface area contributed by atoms with Crippen LogP contribution in [0.4, 0.5) is 8.78 Å². The molecule has 0 spiro atoms. The van der Waals surface area contributed by atoms with Crippen LogP contribution in [0.15, 0.2) is 23.2 Å². The van der Waals surface area contributed by atoms with Gasteiger partial charge in [0.1, 0.15) is 0 Å². The second-order valence-corrected chi connectivity index (χ2v) is 7.41. The Balaban J connectivity index is 1.98. The molecule has 1 aromatic heterocycles. The summed E-state index contributed by atoms with van der Waals surface area (Å²) in [4.78, 5) is 1.04. The predicted octanol–water partition coefficient (Wildman–Crippen LogP) is 1.31. The van der Waals surface area contributed by atoms with E-state index in [1.54, 1.807) is 0 Å². The molecule has 0 unspecified atom stereocenters. The summed E-state index contributed by atoms with van der Waals surface area (Å²) in [5.41, 5.74) is 2.42. The molecular weight excluding hydrogens is 326 g/mol. The van der Waals surface area contributed by atoms with E-state index in [4.69, 9.17) is 0 Å². The first-order chi connectivity index (χ1) is 10.9. The zero-order chi connectivity index (χ0) is 16.6. The van der Waals surface area contributed by atoms with Crippen LogP contribution < -0.4 is 5.32 Å². The molecule has 0 bridgehead atoms. The second-order valence-electron chi connectivity index (χ2n) is 5.48. The summed E-state index contributed by atoms with van der Waals surface area (Å²) in [6.07, 6.45) is -1.31. The molecule has 1 aromatic carbocycles.